The number of hydrogen-bond acceptors (Lipinski definition) is 3. The lowest BCUT2D eigenvalue weighted by Gasteiger charge is -2.24. The Morgan fingerprint density at radius 1 is 1.23 bits per heavy atom. The van der Waals surface area contributed by atoms with Gasteiger partial charge >= 0.3 is 6.61 Å². The summed E-state index contributed by atoms with van der Waals surface area (Å²) < 4.78 is 28.6. The molecule has 0 saturated carbocycles. The number of nitrogens with zero attached hydrogens (tertiary/aromatic N) is 1. The number of alkyl halides is 2. The van der Waals surface area contributed by atoms with Crippen molar-refractivity contribution in [3.63, 3.8) is 0 Å². The van der Waals surface area contributed by atoms with Gasteiger partial charge in [0.15, 0.2) is 0 Å². The molecule has 0 saturated heterocycles. The van der Waals surface area contributed by atoms with Gasteiger partial charge in [-0.3, -0.25) is 4.79 Å². The zero-order valence-corrected chi connectivity index (χ0v) is 14.6. The number of ether oxygens (including phenoxy) is 1. The molecule has 0 spiro atoms. The Morgan fingerprint density at radius 3 is 2.69 bits per heavy atom. The lowest BCUT2D eigenvalue weighted by atomic mass is 10.1. The number of carbonyl (C=O) groups excluding carboxylic acids is 1. The van der Waals surface area contributed by atoms with Crippen LogP contribution in [0, 0.1) is 0 Å². The molecule has 3 rings (SSSR count). The van der Waals surface area contributed by atoms with Gasteiger partial charge < -0.3 is 15.0 Å². The van der Waals surface area contributed by atoms with Gasteiger partial charge in [-0.05, 0) is 49.1 Å². The average molecular weight is 360 g/mol. The fourth-order valence-corrected chi connectivity index (χ4v) is 3.26. The van der Waals surface area contributed by atoms with Crippen molar-refractivity contribution < 1.29 is 18.3 Å². The second-order valence-electron chi connectivity index (χ2n) is 6.43. The van der Waals surface area contributed by atoms with Crippen molar-refractivity contribution in [2.75, 3.05) is 18.0 Å². The minimum atomic E-state index is -2.82. The molecule has 1 atom stereocenters. The summed E-state index contributed by atoms with van der Waals surface area (Å²) in [5.74, 6) is 0.112. The molecule has 1 aliphatic heterocycles. The van der Waals surface area contributed by atoms with Gasteiger partial charge in [-0.2, -0.15) is 8.78 Å². The zero-order chi connectivity index (χ0) is 18.5. The minimum absolute atomic E-state index is 0.0220. The summed E-state index contributed by atoms with van der Waals surface area (Å²) >= 11 is 0. The Kier molecular flexibility index (Phi) is 5.71. The van der Waals surface area contributed by atoms with Crippen LogP contribution in [-0.2, 0) is 17.6 Å². The highest BCUT2D eigenvalue weighted by Gasteiger charge is 2.26. The van der Waals surface area contributed by atoms with E-state index in [1.165, 1.54) is 17.7 Å². The molecule has 0 fully saturated rings. The second-order valence-corrected chi connectivity index (χ2v) is 6.43. The normalized spacial score (nSPS) is 15.8. The molecule has 0 bridgehead atoms. The Hall–Kier alpha value is -2.63. The van der Waals surface area contributed by atoms with Gasteiger partial charge in [-0.25, -0.2) is 0 Å². The third kappa shape index (κ3) is 4.50. The smallest absolute Gasteiger partial charge is 0.387 e. The first-order chi connectivity index (χ1) is 12.5. The number of amides is 1. The third-order valence-corrected chi connectivity index (χ3v) is 4.55. The van der Waals surface area contributed by atoms with E-state index in [0.717, 1.165) is 17.7 Å². The van der Waals surface area contributed by atoms with Crippen LogP contribution < -0.4 is 15.0 Å². The van der Waals surface area contributed by atoms with Gasteiger partial charge in [0, 0.05) is 18.3 Å². The molecule has 1 heterocycles. The van der Waals surface area contributed by atoms with Crippen molar-refractivity contribution in [1.82, 2.24) is 5.32 Å². The minimum Gasteiger partial charge on any atom is -0.435 e. The van der Waals surface area contributed by atoms with E-state index >= 15 is 0 Å². The number of nitrogens with one attached hydrogen (secondary N) is 1. The molecule has 138 valence electrons. The number of fused-ring (bicyclic) bond motifs is 1. The van der Waals surface area contributed by atoms with E-state index in [2.05, 4.69) is 34.0 Å². The molecule has 0 aliphatic carbocycles. The molecular weight excluding hydrogens is 338 g/mol. The average Bonchev–Trinajstić information content (AvgIpc) is 2.92. The van der Waals surface area contributed by atoms with E-state index in [-0.39, 0.29) is 11.7 Å². The second kappa shape index (κ2) is 8.17. The molecule has 1 amide bonds. The zero-order valence-electron chi connectivity index (χ0n) is 14.6. The number of anilines is 1. The monoisotopic (exact) mass is 360 g/mol. The van der Waals surface area contributed by atoms with Crippen molar-refractivity contribution in [3.05, 3.63) is 59.7 Å². The number of benzene rings is 2. The lowest BCUT2D eigenvalue weighted by Crippen LogP contribution is -2.40. The van der Waals surface area contributed by atoms with Gasteiger partial charge in [0.25, 0.3) is 0 Å². The highest BCUT2D eigenvalue weighted by molar-refractivity contribution is 5.82. The number of hydrogen-bond donors (Lipinski definition) is 1. The SMILES string of the molecule is C[C@@H]1Cc2ccccc2N1CC(=O)NCCc1ccc(OC(F)F)cc1. The summed E-state index contributed by atoms with van der Waals surface area (Å²) in [7, 11) is 0. The maximum Gasteiger partial charge on any atom is 0.387 e. The summed E-state index contributed by atoms with van der Waals surface area (Å²) in [6.07, 6.45) is 1.59. The fourth-order valence-electron chi connectivity index (χ4n) is 3.26. The summed E-state index contributed by atoms with van der Waals surface area (Å²) in [6, 6.07) is 14.9. The first kappa shape index (κ1) is 18.2. The highest BCUT2D eigenvalue weighted by Crippen LogP contribution is 2.31. The number of carbonyl (C=O) groups is 1. The van der Waals surface area contributed by atoms with Crippen LogP contribution in [0.5, 0.6) is 5.75 Å². The summed E-state index contributed by atoms with van der Waals surface area (Å²) in [5, 5.41) is 2.92. The molecule has 1 N–H and O–H groups in total. The van der Waals surface area contributed by atoms with Crippen molar-refractivity contribution in [2.45, 2.75) is 32.4 Å². The van der Waals surface area contributed by atoms with Crippen molar-refractivity contribution >= 4 is 11.6 Å². The van der Waals surface area contributed by atoms with Crippen LogP contribution in [0.3, 0.4) is 0 Å². The van der Waals surface area contributed by atoms with Crippen LogP contribution in [0.15, 0.2) is 48.5 Å². The summed E-state index contributed by atoms with van der Waals surface area (Å²) in [4.78, 5) is 14.4. The number of para-hydroxylation sites is 1. The van der Waals surface area contributed by atoms with Crippen LogP contribution in [0.25, 0.3) is 0 Å². The van der Waals surface area contributed by atoms with E-state index in [1.54, 1.807) is 12.1 Å². The van der Waals surface area contributed by atoms with Crippen molar-refractivity contribution in [1.29, 1.82) is 0 Å². The van der Waals surface area contributed by atoms with Crippen LogP contribution in [-0.4, -0.2) is 31.7 Å². The van der Waals surface area contributed by atoms with E-state index < -0.39 is 6.61 Å². The Bertz CT molecular complexity index is 750. The molecular formula is C20H22F2N2O2. The lowest BCUT2D eigenvalue weighted by molar-refractivity contribution is -0.119. The molecule has 1 aliphatic rings. The van der Waals surface area contributed by atoms with Crippen molar-refractivity contribution in [3.8, 4) is 5.75 Å². The molecule has 0 unspecified atom stereocenters. The molecule has 2 aromatic carbocycles. The predicted octanol–water partition coefficient (Wildman–Crippen LogP) is 3.40. The topological polar surface area (TPSA) is 41.6 Å². The molecule has 4 nitrogen and oxygen atoms in total. The van der Waals surface area contributed by atoms with Gasteiger partial charge in [0.2, 0.25) is 5.91 Å². The van der Waals surface area contributed by atoms with Gasteiger partial charge in [0.05, 0.1) is 6.54 Å². The maximum atomic E-state index is 12.3. The summed E-state index contributed by atoms with van der Waals surface area (Å²) in [6.45, 7) is 0.131. The standard InChI is InChI=1S/C20H22F2N2O2/c1-14-12-16-4-2-3-5-18(16)24(14)13-19(25)23-11-10-15-6-8-17(9-7-15)26-20(21)22/h2-9,14,20H,10-13H2,1H3,(H,23,25)/t14-/m1/s1. The molecule has 0 radical (unpaired) electrons. The molecule has 6 heteroatoms. The van der Waals surface area contributed by atoms with Crippen molar-refractivity contribution in [2.24, 2.45) is 0 Å². The number of halogens is 2. The number of rotatable bonds is 7. The Morgan fingerprint density at radius 2 is 1.96 bits per heavy atom. The van der Waals surface area contributed by atoms with Crippen LogP contribution >= 0.6 is 0 Å². The van der Waals surface area contributed by atoms with Crippen LogP contribution in [0.1, 0.15) is 18.1 Å². The first-order valence-corrected chi connectivity index (χ1v) is 8.68. The third-order valence-electron chi connectivity index (χ3n) is 4.55. The first-order valence-electron chi connectivity index (χ1n) is 8.68. The van der Waals surface area contributed by atoms with Gasteiger partial charge in [0.1, 0.15) is 5.75 Å². The van der Waals surface area contributed by atoms with E-state index in [9.17, 15) is 13.6 Å². The van der Waals surface area contributed by atoms with Gasteiger partial charge in [-0.15, -0.1) is 0 Å². The fraction of sp³-hybridized carbons (Fsp3) is 0.350. The van der Waals surface area contributed by atoms with E-state index in [4.69, 9.17) is 0 Å². The maximum absolute atomic E-state index is 12.3. The Balaban J connectivity index is 1.46. The van der Waals surface area contributed by atoms with E-state index in [1.807, 2.05) is 12.1 Å². The van der Waals surface area contributed by atoms with Crippen LogP contribution in [0.2, 0.25) is 0 Å². The summed E-state index contributed by atoms with van der Waals surface area (Å²) in [5.41, 5.74) is 3.36. The predicted molar refractivity (Wildman–Crippen MR) is 96.7 cm³/mol. The highest BCUT2D eigenvalue weighted by atomic mass is 19.3. The molecule has 26 heavy (non-hydrogen) atoms. The Labute approximate surface area is 151 Å². The molecule has 2 aromatic rings. The van der Waals surface area contributed by atoms with E-state index in [0.29, 0.717) is 25.6 Å². The molecule has 0 aromatic heterocycles. The van der Waals surface area contributed by atoms with Gasteiger partial charge in [-0.1, -0.05) is 30.3 Å². The van der Waals surface area contributed by atoms with Crippen LogP contribution in [0.4, 0.5) is 14.5 Å². The quantitative estimate of drug-likeness (QED) is 0.823. The largest absolute Gasteiger partial charge is 0.435 e.